The molecule has 0 saturated heterocycles. The third-order valence-electron chi connectivity index (χ3n) is 5.66. The van der Waals surface area contributed by atoms with E-state index >= 15 is 0 Å². The molecule has 0 radical (unpaired) electrons. The molecule has 2 N–H and O–H groups in total. The van der Waals surface area contributed by atoms with Crippen LogP contribution >= 0.6 is 0 Å². The van der Waals surface area contributed by atoms with Crippen LogP contribution in [0, 0.1) is 13.8 Å². The molecule has 136 valence electrons. The summed E-state index contributed by atoms with van der Waals surface area (Å²) in [6.07, 6.45) is 0. The van der Waals surface area contributed by atoms with E-state index in [4.69, 9.17) is 0 Å². The lowest BCUT2D eigenvalue weighted by Crippen LogP contribution is -1.92. The molecule has 2 nitrogen and oxygen atoms in total. The molecule has 1 aliphatic carbocycles. The van der Waals surface area contributed by atoms with E-state index in [9.17, 15) is 10.2 Å². The molecule has 0 amide bonds. The Morgan fingerprint density at radius 1 is 0.571 bits per heavy atom. The Morgan fingerprint density at radius 2 is 1.04 bits per heavy atom. The maximum absolute atomic E-state index is 10.0. The minimum Gasteiger partial charge on any atom is -0.508 e. The lowest BCUT2D eigenvalue weighted by Gasteiger charge is -2.13. The Balaban J connectivity index is 1.90. The summed E-state index contributed by atoms with van der Waals surface area (Å²) in [6, 6.07) is 24.4. The average molecular weight is 364 g/mol. The van der Waals surface area contributed by atoms with Crippen LogP contribution in [-0.2, 0) is 0 Å². The van der Waals surface area contributed by atoms with Gasteiger partial charge in [-0.15, -0.1) is 0 Å². The molecular formula is C26H20O2. The van der Waals surface area contributed by atoms with E-state index in [0.717, 1.165) is 22.3 Å². The number of phenolic OH excluding ortho intramolecular Hbond substituents is 2. The van der Waals surface area contributed by atoms with Gasteiger partial charge in [0.1, 0.15) is 11.5 Å². The van der Waals surface area contributed by atoms with E-state index in [1.165, 1.54) is 33.0 Å². The highest BCUT2D eigenvalue weighted by Gasteiger charge is 2.26. The Morgan fingerprint density at radius 3 is 1.46 bits per heavy atom. The maximum atomic E-state index is 10.0. The number of phenols is 2. The van der Waals surface area contributed by atoms with Crippen LogP contribution in [0.3, 0.4) is 0 Å². The molecule has 0 unspecified atom stereocenters. The van der Waals surface area contributed by atoms with Crippen LogP contribution in [0.1, 0.15) is 33.4 Å². The van der Waals surface area contributed by atoms with Crippen LogP contribution < -0.4 is 0 Å². The van der Waals surface area contributed by atoms with Crippen molar-refractivity contribution in [3.05, 3.63) is 106 Å². The van der Waals surface area contributed by atoms with Crippen LogP contribution in [0.15, 0.2) is 72.8 Å². The molecule has 28 heavy (non-hydrogen) atoms. The fourth-order valence-electron chi connectivity index (χ4n) is 4.25. The van der Waals surface area contributed by atoms with E-state index in [2.05, 4.69) is 36.4 Å². The second-order valence-electron chi connectivity index (χ2n) is 7.46. The van der Waals surface area contributed by atoms with Crippen LogP contribution in [0.4, 0.5) is 0 Å². The summed E-state index contributed by atoms with van der Waals surface area (Å²) in [6.45, 7) is 3.85. The molecule has 2 heteroatoms. The molecule has 0 aliphatic heterocycles. The number of hydrogen-bond acceptors (Lipinski definition) is 2. The predicted molar refractivity (Wildman–Crippen MR) is 115 cm³/mol. The van der Waals surface area contributed by atoms with Gasteiger partial charge in [0.2, 0.25) is 0 Å². The summed E-state index contributed by atoms with van der Waals surface area (Å²) in [5.74, 6) is 0.611. The van der Waals surface area contributed by atoms with Crippen LogP contribution in [0.2, 0.25) is 0 Å². The Hall–Kier alpha value is -3.52. The first kappa shape index (κ1) is 16.6. The van der Waals surface area contributed by atoms with Gasteiger partial charge in [-0.2, -0.15) is 0 Å². The molecule has 0 heterocycles. The highest BCUT2D eigenvalue weighted by atomic mass is 16.3. The fourth-order valence-corrected chi connectivity index (χ4v) is 4.25. The smallest absolute Gasteiger partial charge is 0.118 e. The largest absolute Gasteiger partial charge is 0.508 e. The summed E-state index contributed by atoms with van der Waals surface area (Å²) >= 11 is 0. The Labute approximate surface area is 164 Å². The lowest BCUT2D eigenvalue weighted by molar-refractivity contribution is 0.470. The van der Waals surface area contributed by atoms with E-state index in [1.807, 2.05) is 38.1 Å². The summed E-state index contributed by atoms with van der Waals surface area (Å²) in [5, 5.41) is 22.5. The molecule has 1 aliphatic rings. The second-order valence-corrected chi connectivity index (χ2v) is 7.46. The Bertz CT molecular complexity index is 1200. The van der Waals surface area contributed by atoms with Crippen LogP contribution in [-0.4, -0.2) is 10.2 Å². The highest BCUT2D eigenvalue weighted by Crippen LogP contribution is 2.48. The zero-order chi connectivity index (χ0) is 19.4. The van der Waals surface area contributed by atoms with Crippen molar-refractivity contribution in [1.82, 2.24) is 0 Å². The monoisotopic (exact) mass is 364 g/mol. The highest BCUT2D eigenvalue weighted by molar-refractivity contribution is 6.20. The zero-order valence-corrected chi connectivity index (χ0v) is 15.8. The molecule has 0 atom stereocenters. The van der Waals surface area contributed by atoms with Gasteiger partial charge >= 0.3 is 0 Å². The first-order valence-corrected chi connectivity index (χ1v) is 9.41. The van der Waals surface area contributed by atoms with Gasteiger partial charge in [-0.25, -0.2) is 0 Å². The normalized spacial score (nSPS) is 12.8. The number of aromatic hydroxyl groups is 2. The first-order valence-electron chi connectivity index (χ1n) is 9.41. The quantitative estimate of drug-likeness (QED) is 0.392. The maximum Gasteiger partial charge on any atom is 0.118 e. The van der Waals surface area contributed by atoms with Crippen molar-refractivity contribution in [3.8, 4) is 11.5 Å². The number of hydrogen-bond donors (Lipinski definition) is 2. The minimum atomic E-state index is 0.306. The van der Waals surface area contributed by atoms with Crippen molar-refractivity contribution in [2.24, 2.45) is 0 Å². The average Bonchev–Trinajstić information content (AvgIpc) is 3.03. The number of aryl methyl sites for hydroxylation is 2. The first-order chi connectivity index (χ1) is 13.5. The van der Waals surface area contributed by atoms with E-state index in [-0.39, 0.29) is 0 Å². The third-order valence-corrected chi connectivity index (χ3v) is 5.66. The van der Waals surface area contributed by atoms with Gasteiger partial charge < -0.3 is 10.2 Å². The minimum absolute atomic E-state index is 0.306. The molecule has 4 aromatic rings. The van der Waals surface area contributed by atoms with Gasteiger partial charge in [0.15, 0.2) is 0 Å². The van der Waals surface area contributed by atoms with E-state index < -0.39 is 0 Å². The van der Waals surface area contributed by atoms with Gasteiger partial charge in [-0.05, 0) is 93.4 Å². The van der Waals surface area contributed by atoms with Crippen molar-refractivity contribution in [2.45, 2.75) is 13.8 Å². The molecule has 5 rings (SSSR count). The van der Waals surface area contributed by atoms with E-state index in [0.29, 0.717) is 11.5 Å². The molecular weight excluding hydrogens is 344 g/mol. The third kappa shape index (κ3) is 2.35. The summed E-state index contributed by atoms with van der Waals surface area (Å²) < 4.78 is 0. The SMILES string of the molecule is Cc1cc(C2=C(c3ccc(O)c(C)c3)c3cccc4cccc2c34)ccc1O. The zero-order valence-electron chi connectivity index (χ0n) is 15.8. The Kier molecular flexibility index (Phi) is 3.56. The molecule has 0 fully saturated rings. The number of benzene rings is 4. The van der Waals surface area contributed by atoms with Crippen molar-refractivity contribution < 1.29 is 10.2 Å². The summed E-state index contributed by atoms with van der Waals surface area (Å²) in [5.41, 5.74) is 8.63. The van der Waals surface area contributed by atoms with E-state index in [1.54, 1.807) is 12.1 Å². The summed E-state index contributed by atoms with van der Waals surface area (Å²) in [4.78, 5) is 0. The van der Waals surface area contributed by atoms with Crippen molar-refractivity contribution in [2.75, 3.05) is 0 Å². The topological polar surface area (TPSA) is 40.5 Å². The number of rotatable bonds is 2. The van der Waals surface area contributed by atoms with Gasteiger partial charge in [0.05, 0.1) is 0 Å². The van der Waals surface area contributed by atoms with Gasteiger partial charge in [0, 0.05) is 0 Å². The second kappa shape index (κ2) is 6.00. The molecule has 0 aromatic heterocycles. The molecule has 0 bridgehead atoms. The van der Waals surface area contributed by atoms with Crippen molar-refractivity contribution in [1.29, 1.82) is 0 Å². The van der Waals surface area contributed by atoms with Gasteiger partial charge in [-0.1, -0.05) is 48.5 Å². The van der Waals surface area contributed by atoms with Gasteiger partial charge in [0.25, 0.3) is 0 Å². The van der Waals surface area contributed by atoms with Crippen molar-refractivity contribution >= 4 is 21.9 Å². The fraction of sp³-hybridized carbons (Fsp3) is 0.0769. The summed E-state index contributed by atoms with van der Waals surface area (Å²) in [7, 11) is 0. The van der Waals surface area contributed by atoms with Crippen LogP contribution in [0.5, 0.6) is 11.5 Å². The van der Waals surface area contributed by atoms with Crippen LogP contribution in [0.25, 0.3) is 21.9 Å². The molecule has 4 aromatic carbocycles. The molecule has 0 saturated carbocycles. The van der Waals surface area contributed by atoms with Crippen molar-refractivity contribution in [3.63, 3.8) is 0 Å². The molecule has 0 spiro atoms. The predicted octanol–water partition coefficient (Wildman–Crippen LogP) is 6.19. The van der Waals surface area contributed by atoms with Gasteiger partial charge in [-0.3, -0.25) is 0 Å². The lowest BCUT2D eigenvalue weighted by atomic mass is 9.91. The standard InChI is InChI=1S/C26H20O2/c1-15-13-18(9-11-22(15)27)25-20-7-3-5-17-6-4-8-21(24(17)20)26(25)19-10-12-23(28)16(2)14-19/h3-14,27-28H,1-2H3.